The number of hydrogen-bond donors (Lipinski definition) is 1. The van der Waals surface area contributed by atoms with Crippen molar-refractivity contribution in [1.82, 2.24) is 0 Å². The Morgan fingerprint density at radius 2 is 2.64 bits per heavy atom. The molecule has 0 fully saturated rings. The van der Waals surface area contributed by atoms with Gasteiger partial charge in [-0.1, -0.05) is 0 Å². The average molecular weight is 167 g/mol. The maximum absolute atomic E-state index is 10.6. The van der Waals surface area contributed by atoms with Gasteiger partial charge in [0.2, 0.25) is 1.43 Å². The second-order valence-electron chi connectivity index (χ2n) is 2.79. The van der Waals surface area contributed by atoms with Gasteiger partial charge in [-0.25, -0.2) is 0 Å². The number of hydrogen-bond acceptors (Lipinski definition) is 3. The zero-order chi connectivity index (χ0) is 14.1. The molecule has 66 valence electrons. The van der Waals surface area contributed by atoms with E-state index in [9.17, 15) is 9.90 Å². The van der Waals surface area contributed by atoms with E-state index >= 15 is 0 Å². The second kappa shape index (κ2) is 3.69. The van der Waals surface area contributed by atoms with Crippen LogP contribution in [0.3, 0.4) is 0 Å². The van der Waals surface area contributed by atoms with Crippen molar-refractivity contribution in [2.45, 2.75) is 12.5 Å². The van der Waals surface area contributed by atoms with Crippen molar-refractivity contribution in [3.05, 3.63) is 0 Å². The highest BCUT2D eigenvalue weighted by atomic mass is 16.4. The molecular formula is C7H15NO3. The van der Waals surface area contributed by atoms with Crippen molar-refractivity contribution in [1.29, 1.82) is 1.43 Å². The number of nitrogens with zero attached hydrogens (tertiary/aromatic N) is 1. The number of carboxylic acid groups (broad SMARTS) is 1. The summed E-state index contributed by atoms with van der Waals surface area (Å²) in [6.45, 7) is -2.97. The molecule has 0 aromatic carbocycles. The summed E-state index contributed by atoms with van der Waals surface area (Å²) in [4.78, 5) is 10.6. The number of aliphatic hydroxyl groups is 1. The number of aliphatic carboxylic acids is 1. The fourth-order valence-electron chi connectivity index (χ4n) is 0.592. The van der Waals surface area contributed by atoms with E-state index < -0.39 is 36.4 Å². The molecule has 1 atom stereocenters. The molecule has 0 spiro atoms. The van der Waals surface area contributed by atoms with Crippen molar-refractivity contribution in [2.75, 3.05) is 27.6 Å². The van der Waals surface area contributed by atoms with Crippen LogP contribution in [0.25, 0.3) is 0 Å². The summed E-state index contributed by atoms with van der Waals surface area (Å²) >= 11 is 0. The molecule has 0 aliphatic carbocycles. The van der Waals surface area contributed by atoms with Crippen LogP contribution in [0.2, 0.25) is 0 Å². The lowest BCUT2D eigenvalue weighted by Gasteiger charge is -2.26. The minimum Gasteiger partial charge on any atom is -0.550 e. The van der Waals surface area contributed by atoms with E-state index in [1.807, 2.05) is 0 Å². The number of carboxylic acids is 1. The van der Waals surface area contributed by atoms with E-state index in [0.29, 0.717) is 0 Å². The standard InChI is InChI=1S/C7H15NO3/c1-8(2,3)5-6(9)4-7(10)11/h6,9H,4-5H2,1-3H3/t6-/m1/s1/i1D3,4D2,9D. The molecule has 0 heterocycles. The minimum atomic E-state index is -2.93. The third-order valence-electron chi connectivity index (χ3n) is 0.901. The van der Waals surface area contributed by atoms with Crippen LogP contribution >= 0.6 is 0 Å². The van der Waals surface area contributed by atoms with E-state index in [1.54, 1.807) is 0 Å². The summed E-state index contributed by atoms with van der Waals surface area (Å²) in [5.74, 6) is -2.04. The van der Waals surface area contributed by atoms with Crippen molar-refractivity contribution in [2.24, 2.45) is 0 Å². The molecular weight excluding hydrogens is 146 g/mol. The monoisotopic (exact) mass is 167 g/mol. The van der Waals surface area contributed by atoms with E-state index in [1.165, 1.54) is 14.1 Å². The van der Waals surface area contributed by atoms with Crippen LogP contribution in [-0.2, 0) is 4.79 Å². The van der Waals surface area contributed by atoms with Gasteiger partial charge in [0.25, 0.3) is 0 Å². The Hall–Kier alpha value is -0.610. The summed E-state index contributed by atoms with van der Waals surface area (Å²) in [6, 6.07) is 0. The van der Waals surface area contributed by atoms with E-state index in [4.69, 9.17) is 8.28 Å². The summed E-state index contributed by atoms with van der Waals surface area (Å²) < 4.78 is 42.0. The number of carbonyl (C=O) groups excluding carboxylic acids is 1. The summed E-state index contributed by atoms with van der Waals surface area (Å²) in [5.41, 5.74) is 0. The van der Waals surface area contributed by atoms with Crippen molar-refractivity contribution in [3.63, 3.8) is 0 Å². The van der Waals surface area contributed by atoms with Gasteiger partial charge in [0.05, 0.1) is 25.2 Å². The predicted molar refractivity (Wildman–Crippen MR) is 38.5 cm³/mol. The molecule has 0 aromatic rings. The van der Waals surface area contributed by atoms with Gasteiger partial charge < -0.3 is 19.5 Å². The van der Waals surface area contributed by atoms with E-state index in [2.05, 4.69) is 5.11 Å². The predicted octanol–water partition coefficient (Wildman–Crippen LogP) is -1.81. The van der Waals surface area contributed by atoms with Gasteiger partial charge in [0.15, 0.2) is 0 Å². The van der Waals surface area contributed by atoms with Gasteiger partial charge in [-0.2, -0.15) is 0 Å². The van der Waals surface area contributed by atoms with Gasteiger partial charge in [0.1, 0.15) is 12.6 Å². The van der Waals surface area contributed by atoms with Gasteiger partial charge in [-0.05, 0) is 0 Å². The molecule has 1 N–H and O–H groups in total. The first-order valence-electron chi connectivity index (χ1n) is 5.93. The van der Waals surface area contributed by atoms with Crippen LogP contribution in [0.1, 0.15) is 13.2 Å². The van der Waals surface area contributed by atoms with Gasteiger partial charge in [-0.15, -0.1) is 0 Å². The molecule has 0 bridgehead atoms. The van der Waals surface area contributed by atoms with E-state index in [0.717, 1.165) is 0 Å². The zero-order valence-corrected chi connectivity index (χ0v) is 6.46. The first-order chi connectivity index (χ1) is 7.36. The number of likely N-dealkylation sites (N-methyl/N-ethyl adjacent to an activating group) is 1. The molecule has 0 aliphatic rings. The normalized spacial score (nSPS) is 24.9. The SMILES string of the molecule is [2H]O[C@@H](C[N+](C)(C)C([2H])([2H])[2H])C([2H])([2H])C(=O)[O-]. The van der Waals surface area contributed by atoms with Crippen LogP contribution in [0.4, 0.5) is 0 Å². The van der Waals surface area contributed by atoms with Crippen LogP contribution in [-0.4, -0.2) is 50.7 Å². The topological polar surface area (TPSA) is 60.4 Å². The zero-order valence-electron chi connectivity index (χ0n) is 12.5. The first kappa shape index (κ1) is 3.87. The third-order valence-corrected chi connectivity index (χ3v) is 0.901. The Morgan fingerprint density at radius 3 is 3.00 bits per heavy atom. The summed E-state index contributed by atoms with van der Waals surface area (Å²) in [6.07, 6.45) is -4.66. The molecule has 0 aliphatic heterocycles. The van der Waals surface area contributed by atoms with Gasteiger partial charge in [0, 0.05) is 15.1 Å². The highest BCUT2D eigenvalue weighted by Crippen LogP contribution is 1.97. The van der Waals surface area contributed by atoms with Crippen LogP contribution < -0.4 is 5.11 Å². The maximum Gasteiger partial charge on any atom is 0.211 e. The molecule has 0 unspecified atom stereocenters. The quantitative estimate of drug-likeness (QED) is 0.491. The van der Waals surface area contributed by atoms with Crippen LogP contribution in [0, 0.1) is 0 Å². The van der Waals surface area contributed by atoms with Crippen molar-refractivity contribution >= 4 is 5.97 Å². The molecule has 0 saturated carbocycles. The van der Waals surface area contributed by atoms with Crippen molar-refractivity contribution in [3.8, 4) is 0 Å². The molecule has 0 rings (SSSR count). The molecule has 4 heteroatoms. The Bertz CT molecular complexity index is 290. The smallest absolute Gasteiger partial charge is 0.211 e. The Balaban J connectivity index is 5.03. The van der Waals surface area contributed by atoms with Gasteiger partial charge >= 0.3 is 0 Å². The lowest BCUT2D eigenvalue weighted by molar-refractivity contribution is -0.873. The average Bonchev–Trinajstić information content (AvgIpc) is 2.11. The van der Waals surface area contributed by atoms with Gasteiger partial charge in [-0.3, -0.25) is 0 Å². The molecule has 0 amide bonds. The van der Waals surface area contributed by atoms with Crippen molar-refractivity contribution < 1.29 is 26.3 Å². The number of rotatable bonds is 5. The molecule has 4 nitrogen and oxygen atoms in total. The Kier molecular flexibility index (Phi) is 1.30. The molecule has 0 saturated heterocycles. The number of carbonyl (C=O) groups is 1. The van der Waals surface area contributed by atoms with Crippen LogP contribution in [0.5, 0.6) is 0 Å². The van der Waals surface area contributed by atoms with Crippen LogP contribution in [0.15, 0.2) is 0 Å². The third kappa shape index (κ3) is 7.29. The maximum atomic E-state index is 10.6. The lowest BCUT2D eigenvalue weighted by Crippen LogP contribution is -2.43. The number of aliphatic hydroxyl groups excluding tert-OH is 1. The molecule has 0 aromatic heterocycles. The highest BCUT2D eigenvalue weighted by Gasteiger charge is 2.14. The summed E-state index contributed by atoms with van der Waals surface area (Å²) in [5, 5.41) is 14.6. The minimum absolute atomic E-state index is 0.499. The molecule has 0 radical (unpaired) electrons. The fourth-order valence-corrected chi connectivity index (χ4v) is 0.592. The fraction of sp³-hybridized carbons (Fsp3) is 0.857. The highest BCUT2D eigenvalue weighted by molar-refractivity contribution is 5.64. The first-order valence-corrected chi connectivity index (χ1v) is 3.03. The second-order valence-corrected chi connectivity index (χ2v) is 2.79. The largest absolute Gasteiger partial charge is 0.550 e. The Labute approximate surface area is 75.2 Å². The Morgan fingerprint density at radius 1 is 2.00 bits per heavy atom. The molecule has 11 heavy (non-hydrogen) atoms. The van der Waals surface area contributed by atoms with E-state index in [-0.39, 0.29) is 0 Å². The summed E-state index contributed by atoms with van der Waals surface area (Å²) in [7, 11) is 2.54. The number of quaternary nitrogens is 1. The lowest BCUT2D eigenvalue weighted by atomic mass is 10.2.